The molecule has 0 bridgehead atoms. The maximum absolute atomic E-state index is 10.9. The van der Waals surface area contributed by atoms with Crippen molar-refractivity contribution in [3.05, 3.63) is 64.2 Å². The first-order valence-corrected chi connectivity index (χ1v) is 17.7. The molecule has 0 aromatic heterocycles. The van der Waals surface area contributed by atoms with E-state index in [1.54, 1.807) is 0 Å². The van der Waals surface area contributed by atoms with Crippen LogP contribution >= 0.6 is 0 Å². The van der Waals surface area contributed by atoms with Crippen LogP contribution in [0.1, 0.15) is 114 Å². The van der Waals surface area contributed by atoms with Gasteiger partial charge in [0.15, 0.2) is 0 Å². The molecule has 0 radical (unpaired) electrons. The van der Waals surface area contributed by atoms with Crippen LogP contribution < -0.4 is 4.43 Å². The Bertz CT molecular complexity index is 1160. The second-order valence-electron chi connectivity index (χ2n) is 13.5. The number of benzene rings is 2. The van der Waals surface area contributed by atoms with Gasteiger partial charge in [-0.25, -0.2) is 0 Å². The van der Waals surface area contributed by atoms with Gasteiger partial charge >= 0.3 is 0 Å². The Kier molecular flexibility index (Phi) is 9.32. The molecule has 1 unspecified atom stereocenters. The van der Waals surface area contributed by atoms with Gasteiger partial charge in [0.2, 0.25) is 8.32 Å². The molecule has 208 valence electrons. The zero-order valence-electron chi connectivity index (χ0n) is 25.8. The van der Waals surface area contributed by atoms with Crippen LogP contribution in [-0.4, -0.2) is 19.5 Å². The van der Waals surface area contributed by atoms with Crippen molar-refractivity contribution in [2.45, 2.75) is 130 Å². The molecule has 1 fully saturated rings. The molecule has 1 aliphatic rings. The molecule has 2 aromatic carbocycles. The fourth-order valence-electron chi connectivity index (χ4n) is 5.78. The van der Waals surface area contributed by atoms with Gasteiger partial charge in [-0.1, -0.05) is 96.9 Å². The van der Waals surface area contributed by atoms with Gasteiger partial charge in [-0.05, 0) is 92.0 Å². The minimum atomic E-state index is -1.90. The van der Waals surface area contributed by atoms with E-state index in [1.165, 1.54) is 41.5 Å². The van der Waals surface area contributed by atoms with Gasteiger partial charge in [-0.3, -0.25) is 0 Å². The Hall–Kier alpha value is -2.02. The Morgan fingerprint density at radius 2 is 1.47 bits per heavy atom. The molecular formula is C35H52O2Si. The monoisotopic (exact) mass is 532 g/mol. The lowest BCUT2D eigenvalue weighted by atomic mass is 9.70. The van der Waals surface area contributed by atoms with E-state index in [9.17, 15) is 5.11 Å². The fraction of sp³-hybridized carbons (Fsp3) is 0.600. The number of aliphatic hydroxyl groups excluding tert-OH is 1. The van der Waals surface area contributed by atoms with E-state index in [-0.39, 0.29) is 15.9 Å². The molecule has 3 rings (SSSR count). The highest BCUT2D eigenvalue weighted by atomic mass is 28.4. The van der Waals surface area contributed by atoms with Gasteiger partial charge in [0.05, 0.1) is 0 Å². The molecule has 1 aliphatic carbocycles. The number of hydrogen-bond acceptors (Lipinski definition) is 2. The maximum atomic E-state index is 10.9. The highest BCUT2D eigenvalue weighted by Crippen LogP contribution is 2.43. The normalized spacial score (nSPS) is 16.9. The molecule has 1 N–H and O–H groups in total. The van der Waals surface area contributed by atoms with Crippen molar-refractivity contribution in [3.8, 4) is 17.6 Å². The number of rotatable bonds is 7. The summed E-state index contributed by atoms with van der Waals surface area (Å²) in [5, 5.41) is 11.0. The number of aliphatic hydroxyl groups is 1. The summed E-state index contributed by atoms with van der Waals surface area (Å²) in [6.07, 6.45) is 7.27. The van der Waals surface area contributed by atoms with E-state index in [4.69, 9.17) is 4.43 Å². The highest BCUT2D eigenvalue weighted by molar-refractivity contribution is 6.74. The van der Waals surface area contributed by atoms with Crippen molar-refractivity contribution in [1.82, 2.24) is 0 Å². The lowest BCUT2D eigenvalue weighted by Gasteiger charge is -2.38. The van der Waals surface area contributed by atoms with Gasteiger partial charge in [-0.2, -0.15) is 0 Å². The summed E-state index contributed by atoms with van der Waals surface area (Å²) in [5.41, 5.74) is 5.95. The molecule has 0 aliphatic heterocycles. The van der Waals surface area contributed by atoms with E-state index < -0.39 is 14.4 Å². The van der Waals surface area contributed by atoms with E-state index >= 15 is 0 Å². The average molecular weight is 533 g/mol. The van der Waals surface area contributed by atoms with Crippen molar-refractivity contribution in [2.75, 3.05) is 0 Å². The molecule has 38 heavy (non-hydrogen) atoms. The summed E-state index contributed by atoms with van der Waals surface area (Å²) in [6.45, 7) is 22.6. The molecule has 0 amide bonds. The molecule has 0 spiro atoms. The smallest absolute Gasteiger partial charge is 0.250 e. The summed E-state index contributed by atoms with van der Waals surface area (Å²) in [6, 6.07) is 13.6. The van der Waals surface area contributed by atoms with Crippen LogP contribution in [0, 0.1) is 31.1 Å². The average Bonchev–Trinajstić information content (AvgIpc) is 2.85. The van der Waals surface area contributed by atoms with Crippen LogP contribution in [0.5, 0.6) is 5.75 Å². The zero-order chi connectivity index (χ0) is 28.4. The SMILES string of the molecule is CCC(CC)(c1ccc(C#CC(O)C2(C)CCCCC2)c(C)c1)c1ccc(O[Si](C)(C)C(C)(C)C)c(C)c1. The minimum Gasteiger partial charge on any atom is -0.543 e. The summed E-state index contributed by atoms with van der Waals surface area (Å²) in [5.74, 6) is 7.55. The first-order chi connectivity index (χ1) is 17.7. The predicted molar refractivity (Wildman–Crippen MR) is 166 cm³/mol. The molecule has 3 heteroatoms. The second-order valence-corrected chi connectivity index (χ2v) is 18.3. The van der Waals surface area contributed by atoms with Crippen molar-refractivity contribution in [2.24, 2.45) is 5.41 Å². The van der Waals surface area contributed by atoms with Gasteiger partial charge in [0.1, 0.15) is 11.9 Å². The minimum absolute atomic E-state index is 0.0634. The quantitative estimate of drug-likeness (QED) is 0.284. The summed E-state index contributed by atoms with van der Waals surface area (Å²) < 4.78 is 6.67. The molecule has 2 nitrogen and oxygen atoms in total. The third kappa shape index (κ3) is 6.24. The van der Waals surface area contributed by atoms with Crippen LogP contribution in [0.25, 0.3) is 0 Å². The molecule has 0 saturated heterocycles. The van der Waals surface area contributed by atoms with Crippen LogP contribution in [0.15, 0.2) is 36.4 Å². The number of aryl methyl sites for hydroxylation is 2. The van der Waals surface area contributed by atoms with Crippen molar-refractivity contribution in [1.29, 1.82) is 0 Å². The summed E-state index contributed by atoms with van der Waals surface area (Å²) >= 11 is 0. The molecule has 2 aromatic rings. The van der Waals surface area contributed by atoms with Crippen molar-refractivity contribution < 1.29 is 9.53 Å². The summed E-state index contributed by atoms with van der Waals surface area (Å²) in [4.78, 5) is 0. The van der Waals surface area contributed by atoms with E-state index in [0.29, 0.717) is 0 Å². The van der Waals surface area contributed by atoms with E-state index in [0.717, 1.165) is 37.0 Å². The Morgan fingerprint density at radius 1 is 0.921 bits per heavy atom. The lowest BCUT2D eigenvalue weighted by molar-refractivity contribution is 0.0506. The Morgan fingerprint density at radius 3 is 1.97 bits per heavy atom. The Balaban J connectivity index is 1.91. The highest BCUT2D eigenvalue weighted by Gasteiger charge is 2.39. The zero-order valence-corrected chi connectivity index (χ0v) is 26.8. The topological polar surface area (TPSA) is 29.5 Å². The van der Waals surface area contributed by atoms with Gasteiger partial charge < -0.3 is 9.53 Å². The maximum Gasteiger partial charge on any atom is 0.250 e. The largest absolute Gasteiger partial charge is 0.543 e. The second kappa shape index (κ2) is 11.6. The summed E-state index contributed by atoms with van der Waals surface area (Å²) in [7, 11) is -1.90. The first kappa shape index (κ1) is 30.5. The van der Waals surface area contributed by atoms with Crippen LogP contribution in [0.4, 0.5) is 0 Å². The molecule has 0 heterocycles. The number of hydrogen-bond donors (Lipinski definition) is 1. The first-order valence-electron chi connectivity index (χ1n) is 14.8. The van der Waals surface area contributed by atoms with Gasteiger partial charge in [-0.15, -0.1) is 0 Å². The molecular weight excluding hydrogens is 480 g/mol. The Labute approximate surface area is 234 Å². The fourth-order valence-corrected chi connectivity index (χ4v) is 6.86. The van der Waals surface area contributed by atoms with Crippen LogP contribution in [-0.2, 0) is 5.41 Å². The molecule has 1 atom stereocenters. The van der Waals surface area contributed by atoms with Gasteiger partial charge in [0.25, 0.3) is 0 Å². The third-order valence-corrected chi connectivity index (χ3v) is 14.2. The standard InChI is InChI=1S/C35H52O2Si/c1-11-35(12-2,30-19-20-31(27(4)25-30)37-38(9,10)33(5,6)7)29-18-16-28(26(3)24-29)17-21-32(36)34(8)22-14-13-15-23-34/h16,18-20,24-25,32,36H,11-15,22-23H2,1-10H3. The predicted octanol–water partition coefficient (Wildman–Crippen LogP) is 9.48. The van der Waals surface area contributed by atoms with Crippen LogP contribution in [0.3, 0.4) is 0 Å². The van der Waals surface area contributed by atoms with E-state index in [2.05, 4.69) is 117 Å². The lowest BCUT2D eigenvalue weighted by Crippen LogP contribution is -2.44. The van der Waals surface area contributed by atoms with Crippen molar-refractivity contribution in [3.63, 3.8) is 0 Å². The molecule has 1 saturated carbocycles. The van der Waals surface area contributed by atoms with E-state index in [1.807, 2.05) is 0 Å². The third-order valence-electron chi connectivity index (χ3n) is 9.88. The van der Waals surface area contributed by atoms with Gasteiger partial charge in [0, 0.05) is 16.4 Å². The van der Waals surface area contributed by atoms with Crippen molar-refractivity contribution >= 4 is 8.32 Å². The van der Waals surface area contributed by atoms with Crippen LogP contribution in [0.2, 0.25) is 18.1 Å².